The van der Waals surface area contributed by atoms with Crippen LogP contribution in [0.4, 0.5) is 15.8 Å². The summed E-state index contributed by atoms with van der Waals surface area (Å²) in [5, 5.41) is 13.8. The first kappa shape index (κ1) is 14.0. The van der Waals surface area contributed by atoms with Crippen molar-refractivity contribution >= 4 is 23.0 Å². The molecule has 0 spiro atoms. The molecule has 1 aliphatic heterocycles. The zero-order valence-corrected chi connectivity index (χ0v) is 11.3. The second-order valence-electron chi connectivity index (χ2n) is 4.85. The Morgan fingerprint density at radius 1 is 1.63 bits per heavy atom. The number of anilines is 1. The van der Waals surface area contributed by atoms with Crippen LogP contribution in [0.1, 0.15) is 20.3 Å². The fraction of sp³-hybridized carbons (Fsp3) is 0.500. The van der Waals surface area contributed by atoms with Gasteiger partial charge in [0.25, 0.3) is 5.69 Å². The molecule has 0 aromatic heterocycles. The lowest BCUT2D eigenvalue weighted by Crippen LogP contribution is -2.41. The van der Waals surface area contributed by atoms with E-state index >= 15 is 0 Å². The number of nitro benzene ring substituents is 1. The van der Waals surface area contributed by atoms with E-state index in [0.29, 0.717) is 13.0 Å². The van der Waals surface area contributed by atoms with Gasteiger partial charge in [0.1, 0.15) is 11.5 Å². The number of hydrogen-bond acceptors (Lipinski definition) is 4. The number of halogens is 2. The Kier molecular flexibility index (Phi) is 3.64. The highest BCUT2D eigenvalue weighted by atomic mass is 35.5. The maximum absolute atomic E-state index is 13.5. The van der Waals surface area contributed by atoms with E-state index in [2.05, 4.69) is 5.32 Å². The van der Waals surface area contributed by atoms with Crippen LogP contribution in [0.5, 0.6) is 0 Å². The smallest absolute Gasteiger partial charge is 0.294 e. The molecule has 2 unspecified atom stereocenters. The number of benzene rings is 1. The fourth-order valence-corrected chi connectivity index (χ4v) is 2.25. The summed E-state index contributed by atoms with van der Waals surface area (Å²) in [5.41, 5.74) is -0.594. The Hall–Kier alpha value is -1.40. The first-order chi connectivity index (χ1) is 8.83. The van der Waals surface area contributed by atoms with Gasteiger partial charge in [-0.15, -0.1) is 0 Å². The molecule has 1 heterocycles. The highest BCUT2D eigenvalue weighted by Crippen LogP contribution is 2.36. The van der Waals surface area contributed by atoms with E-state index in [1.807, 2.05) is 13.8 Å². The van der Waals surface area contributed by atoms with Gasteiger partial charge in [0, 0.05) is 18.7 Å². The van der Waals surface area contributed by atoms with Crippen LogP contribution in [0.15, 0.2) is 12.1 Å². The van der Waals surface area contributed by atoms with Crippen molar-refractivity contribution < 1.29 is 14.1 Å². The molecular formula is C12H14ClFN2O3. The molecule has 2 rings (SSSR count). The highest BCUT2D eigenvalue weighted by molar-refractivity contribution is 6.31. The summed E-state index contributed by atoms with van der Waals surface area (Å²) < 4.78 is 18.9. The summed E-state index contributed by atoms with van der Waals surface area (Å²) in [5.74, 6) is -0.690. The Morgan fingerprint density at radius 2 is 2.32 bits per heavy atom. The van der Waals surface area contributed by atoms with Crippen LogP contribution >= 0.6 is 11.6 Å². The van der Waals surface area contributed by atoms with Gasteiger partial charge in [0.05, 0.1) is 21.6 Å². The predicted octanol–water partition coefficient (Wildman–Crippen LogP) is 3.37. The lowest BCUT2D eigenvalue weighted by atomic mass is 9.94. The summed E-state index contributed by atoms with van der Waals surface area (Å²) in [6.45, 7) is 4.33. The van der Waals surface area contributed by atoms with Gasteiger partial charge in [-0.25, -0.2) is 4.39 Å². The van der Waals surface area contributed by atoms with Crippen molar-refractivity contribution in [1.82, 2.24) is 0 Å². The first-order valence-electron chi connectivity index (χ1n) is 5.87. The van der Waals surface area contributed by atoms with Gasteiger partial charge >= 0.3 is 0 Å². The van der Waals surface area contributed by atoms with Gasteiger partial charge in [-0.2, -0.15) is 0 Å². The Bertz CT molecular complexity index is 526. The van der Waals surface area contributed by atoms with Crippen molar-refractivity contribution in [2.75, 3.05) is 11.9 Å². The first-order valence-corrected chi connectivity index (χ1v) is 6.24. The predicted molar refractivity (Wildman–Crippen MR) is 70.1 cm³/mol. The molecule has 0 saturated carbocycles. The molecule has 5 nitrogen and oxygen atoms in total. The van der Waals surface area contributed by atoms with E-state index in [0.717, 1.165) is 12.1 Å². The van der Waals surface area contributed by atoms with Gasteiger partial charge in [-0.1, -0.05) is 11.6 Å². The van der Waals surface area contributed by atoms with Crippen molar-refractivity contribution in [1.29, 1.82) is 0 Å². The molecule has 104 valence electrons. The van der Waals surface area contributed by atoms with E-state index in [9.17, 15) is 14.5 Å². The molecule has 7 heteroatoms. The van der Waals surface area contributed by atoms with Gasteiger partial charge in [-0.05, 0) is 20.3 Å². The molecule has 1 N–H and O–H groups in total. The topological polar surface area (TPSA) is 64.4 Å². The summed E-state index contributed by atoms with van der Waals surface area (Å²) in [6, 6.07) is 2.07. The average Bonchev–Trinajstić information content (AvgIpc) is 2.63. The molecule has 1 aromatic carbocycles. The molecule has 1 fully saturated rings. The standard InChI is InChI=1S/C12H14ClFN2O3/c1-7-12(2,3-4-19-7)15-10-6-9(14)8(13)5-11(10)16(17)18/h5-7,15H,3-4H2,1-2H3. The van der Waals surface area contributed by atoms with Crippen LogP contribution in [-0.2, 0) is 4.74 Å². The van der Waals surface area contributed by atoms with Crippen molar-refractivity contribution in [3.05, 3.63) is 33.1 Å². The molecule has 0 bridgehead atoms. The number of nitro groups is 1. The minimum atomic E-state index is -0.690. The number of hydrogen-bond donors (Lipinski definition) is 1. The monoisotopic (exact) mass is 288 g/mol. The van der Waals surface area contributed by atoms with Gasteiger partial charge in [0.2, 0.25) is 0 Å². The molecule has 1 aromatic rings. The maximum atomic E-state index is 13.5. The summed E-state index contributed by atoms with van der Waals surface area (Å²) >= 11 is 5.58. The van der Waals surface area contributed by atoms with Crippen molar-refractivity contribution in [2.24, 2.45) is 0 Å². The Balaban J connectivity index is 2.39. The number of ether oxygens (including phenoxy) is 1. The van der Waals surface area contributed by atoms with Crippen molar-refractivity contribution in [2.45, 2.75) is 31.9 Å². The fourth-order valence-electron chi connectivity index (χ4n) is 2.09. The van der Waals surface area contributed by atoms with E-state index in [1.165, 1.54) is 0 Å². The average molecular weight is 289 g/mol. The number of rotatable bonds is 3. The van der Waals surface area contributed by atoms with E-state index in [4.69, 9.17) is 16.3 Å². The molecule has 0 radical (unpaired) electrons. The third-order valence-electron chi connectivity index (χ3n) is 3.54. The van der Waals surface area contributed by atoms with Crippen LogP contribution in [0, 0.1) is 15.9 Å². The van der Waals surface area contributed by atoms with Crippen LogP contribution in [0.3, 0.4) is 0 Å². The quantitative estimate of drug-likeness (QED) is 0.684. The molecule has 0 aliphatic carbocycles. The lowest BCUT2D eigenvalue weighted by Gasteiger charge is -2.29. The van der Waals surface area contributed by atoms with E-state index in [-0.39, 0.29) is 22.5 Å². The second-order valence-corrected chi connectivity index (χ2v) is 5.25. The van der Waals surface area contributed by atoms with E-state index in [1.54, 1.807) is 0 Å². The zero-order valence-electron chi connectivity index (χ0n) is 10.6. The minimum absolute atomic E-state index is 0.117. The third-order valence-corrected chi connectivity index (χ3v) is 3.83. The maximum Gasteiger partial charge on any atom is 0.294 e. The number of nitrogens with one attached hydrogen (secondary N) is 1. The largest absolute Gasteiger partial charge is 0.376 e. The molecule has 0 amide bonds. The van der Waals surface area contributed by atoms with Crippen LogP contribution in [-0.4, -0.2) is 23.2 Å². The summed E-state index contributed by atoms with van der Waals surface area (Å²) in [7, 11) is 0. The third kappa shape index (κ3) is 2.64. The van der Waals surface area contributed by atoms with Gasteiger partial charge in [-0.3, -0.25) is 10.1 Å². The zero-order chi connectivity index (χ0) is 14.2. The molecule has 1 saturated heterocycles. The van der Waals surface area contributed by atoms with Gasteiger partial charge < -0.3 is 10.1 Å². The highest BCUT2D eigenvalue weighted by Gasteiger charge is 2.38. The second kappa shape index (κ2) is 4.94. The molecule has 1 aliphatic rings. The van der Waals surface area contributed by atoms with E-state index < -0.39 is 16.3 Å². The van der Waals surface area contributed by atoms with Crippen LogP contribution in [0.2, 0.25) is 5.02 Å². The normalized spacial score (nSPS) is 26.4. The lowest BCUT2D eigenvalue weighted by molar-refractivity contribution is -0.384. The molecule has 2 atom stereocenters. The minimum Gasteiger partial charge on any atom is -0.376 e. The van der Waals surface area contributed by atoms with Crippen molar-refractivity contribution in [3.63, 3.8) is 0 Å². The molecule has 19 heavy (non-hydrogen) atoms. The van der Waals surface area contributed by atoms with Crippen molar-refractivity contribution in [3.8, 4) is 0 Å². The molecular weight excluding hydrogens is 275 g/mol. The SMILES string of the molecule is CC1OCCC1(C)Nc1cc(F)c(Cl)cc1[N+](=O)[O-]. The van der Waals surface area contributed by atoms with Gasteiger partial charge in [0.15, 0.2) is 0 Å². The van der Waals surface area contributed by atoms with Crippen LogP contribution in [0.25, 0.3) is 0 Å². The summed E-state index contributed by atoms with van der Waals surface area (Å²) in [6.07, 6.45) is 0.570. The number of nitrogens with zero attached hydrogens (tertiary/aromatic N) is 1. The summed E-state index contributed by atoms with van der Waals surface area (Å²) in [4.78, 5) is 10.4. The Morgan fingerprint density at radius 3 is 2.84 bits per heavy atom. The van der Waals surface area contributed by atoms with Crippen LogP contribution < -0.4 is 5.32 Å². The Labute approximate surface area is 114 Å².